The summed E-state index contributed by atoms with van der Waals surface area (Å²) in [7, 11) is 0. The van der Waals surface area contributed by atoms with Gasteiger partial charge < -0.3 is 24.4 Å². The van der Waals surface area contributed by atoms with Gasteiger partial charge in [-0.1, -0.05) is 0 Å². The van der Waals surface area contributed by atoms with E-state index in [0.717, 1.165) is 18.7 Å². The van der Waals surface area contributed by atoms with Gasteiger partial charge in [-0.05, 0) is 54.8 Å². The number of nitrogens with zero attached hydrogens (tertiary/aromatic N) is 1. The Balaban J connectivity index is 1.24. The average molecular weight is 414 g/mol. The van der Waals surface area contributed by atoms with Crippen molar-refractivity contribution in [3.05, 3.63) is 53.3 Å². The summed E-state index contributed by atoms with van der Waals surface area (Å²) in [6, 6.07) is 9.93. The molecule has 30 heavy (non-hydrogen) atoms. The van der Waals surface area contributed by atoms with Crippen LogP contribution in [0.15, 0.2) is 36.4 Å². The van der Waals surface area contributed by atoms with Crippen molar-refractivity contribution in [2.24, 2.45) is 0 Å². The third kappa shape index (κ3) is 4.71. The first kappa shape index (κ1) is 20.2. The van der Waals surface area contributed by atoms with E-state index in [9.17, 15) is 14.0 Å². The Bertz CT molecular complexity index is 932. The molecule has 2 amide bonds. The first-order valence-electron chi connectivity index (χ1n) is 9.92. The molecule has 2 aromatic rings. The predicted octanol–water partition coefficient (Wildman–Crippen LogP) is 2.56. The lowest BCUT2D eigenvalue weighted by Crippen LogP contribution is -2.30. The second-order valence-corrected chi connectivity index (χ2v) is 7.20. The molecule has 1 saturated heterocycles. The molecule has 0 saturated carbocycles. The van der Waals surface area contributed by atoms with Crippen molar-refractivity contribution in [2.45, 2.75) is 25.9 Å². The zero-order valence-corrected chi connectivity index (χ0v) is 16.5. The van der Waals surface area contributed by atoms with Gasteiger partial charge in [-0.3, -0.25) is 9.59 Å². The monoisotopic (exact) mass is 414 g/mol. The molecule has 1 N–H and O–H groups in total. The summed E-state index contributed by atoms with van der Waals surface area (Å²) in [5.74, 6) is 0.674. The quantitative estimate of drug-likeness (QED) is 0.754. The molecule has 8 heteroatoms. The lowest BCUT2D eigenvalue weighted by molar-refractivity contribution is -0.123. The molecule has 0 aliphatic carbocycles. The number of amides is 2. The Morgan fingerprint density at radius 1 is 1.23 bits per heavy atom. The predicted molar refractivity (Wildman–Crippen MR) is 107 cm³/mol. The number of rotatable bonds is 7. The summed E-state index contributed by atoms with van der Waals surface area (Å²) in [6.07, 6.45) is 1.89. The van der Waals surface area contributed by atoms with Crippen LogP contribution in [0.4, 0.5) is 10.1 Å². The second-order valence-electron chi connectivity index (χ2n) is 7.20. The van der Waals surface area contributed by atoms with Crippen LogP contribution in [0.2, 0.25) is 0 Å². The van der Waals surface area contributed by atoms with Crippen LogP contribution in [0.3, 0.4) is 0 Å². The van der Waals surface area contributed by atoms with Crippen LogP contribution in [0, 0.1) is 5.82 Å². The number of nitrogens with one attached hydrogen (secondary N) is 1. The molecular weight excluding hydrogens is 391 g/mol. The summed E-state index contributed by atoms with van der Waals surface area (Å²) < 4.78 is 29.9. The third-order valence-corrected chi connectivity index (χ3v) is 5.06. The normalized spacial score (nSPS) is 15.5. The Morgan fingerprint density at radius 3 is 2.83 bits per heavy atom. The topological polar surface area (TPSA) is 77.1 Å². The standard InChI is InChI=1S/C22H23FN2O5/c23-17-10-15(22-16(11-17)12-28-14-30-22)7-8-24-20(26)13-29-19-5-3-18(4-6-19)25-9-1-2-21(25)27/h3-6,10-11H,1-2,7-9,12-14H2,(H,24,26). The fraction of sp³-hybridized carbons (Fsp3) is 0.364. The zero-order valence-electron chi connectivity index (χ0n) is 16.5. The van der Waals surface area contributed by atoms with E-state index in [1.807, 2.05) is 12.1 Å². The maximum Gasteiger partial charge on any atom is 0.257 e. The Morgan fingerprint density at radius 2 is 2.07 bits per heavy atom. The summed E-state index contributed by atoms with van der Waals surface area (Å²) >= 11 is 0. The molecule has 158 valence electrons. The molecule has 4 rings (SSSR count). The number of fused-ring (bicyclic) bond motifs is 1. The van der Waals surface area contributed by atoms with E-state index < -0.39 is 0 Å². The minimum atomic E-state index is -0.355. The maximum absolute atomic E-state index is 13.8. The Kier molecular flexibility index (Phi) is 6.13. The highest BCUT2D eigenvalue weighted by molar-refractivity contribution is 5.95. The maximum atomic E-state index is 13.8. The highest BCUT2D eigenvalue weighted by Gasteiger charge is 2.21. The molecule has 2 aliphatic heterocycles. The number of ether oxygens (including phenoxy) is 3. The lowest BCUT2D eigenvalue weighted by atomic mass is 10.1. The lowest BCUT2D eigenvalue weighted by Gasteiger charge is -2.21. The minimum Gasteiger partial charge on any atom is -0.484 e. The van der Waals surface area contributed by atoms with E-state index in [-0.39, 0.29) is 31.0 Å². The number of halogens is 1. The molecule has 0 bridgehead atoms. The van der Waals surface area contributed by atoms with Crippen molar-refractivity contribution in [2.75, 3.05) is 31.4 Å². The third-order valence-electron chi connectivity index (χ3n) is 5.06. The number of carbonyl (C=O) groups is 2. The SMILES string of the molecule is O=C(COc1ccc(N2CCCC2=O)cc1)NCCc1cc(F)cc2c1OCOC2. The van der Waals surface area contributed by atoms with Crippen molar-refractivity contribution < 1.29 is 28.2 Å². The highest BCUT2D eigenvalue weighted by Crippen LogP contribution is 2.29. The van der Waals surface area contributed by atoms with Crippen LogP contribution in [0.5, 0.6) is 11.5 Å². The van der Waals surface area contributed by atoms with Crippen LogP contribution < -0.4 is 19.7 Å². The highest BCUT2D eigenvalue weighted by atomic mass is 19.1. The summed E-state index contributed by atoms with van der Waals surface area (Å²) in [6.45, 7) is 1.38. The number of hydrogen-bond acceptors (Lipinski definition) is 5. The molecule has 0 aromatic heterocycles. The second kappa shape index (κ2) is 9.13. The van der Waals surface area contributed by atoms with E-state index in [4.69, 9.17) is 14.2 Å². The van der Waals surface area contributed by atoms with Gasteiger partial charge in [-0.15, -0.1) is 0 Å². The molecular formula is C22H23FN2O5. The molecule has 2 aromatic carbocycles. The molecule has 1 fully saturated rings. The van der Waals surface area contributed by atoms with Crippen molar-refractivity contribution in [1.82, 2.24) is 5.32 Å². The first-order valence-corrected chi connectivity index (χ1v) is 9.92. The van der Waals surface area contributed by atoms with Gasteiger partial charge in [-0.25, -0.2) is 4.39 Å². The van der Waals surface area contributed by atoms with E-state index in [1.165, 1.54) is 12.1 Å². The van der Waals surface area contributed by atoms with Gasteiger partial charge in [0.05, 0.1) is 6.61 Å². The molecule has 0 atom stereocenters. The smallest absolute Gasteiger partial charge is 0.257 e. The number of hydrogen-bond donors (Lipinski definition) is 1. The first-order chi connectivity index (χ1) is 14.6. The number of carbonyl (C=O) groups excluding carboxylic acids is 2. The van der Waals surface area contributed by atoms with Gasteiger partial charge in [0.1, 0.15) is 17.3 Å². The molecule has 2 heterocycles. The Labute approximate surface area is 173 Å². The summed E-state index contributed by atoms with van der Waals surface area (Å²) in [4.78, 5) is 25.6. The van der Waals surface area contributed by atoms with Gasteiger partial charge in [-0.2, -0.15) is 0 Å². The van der Waals surface area contributed by atoms with Crippen LogP contribution in [-0.2, 0) is 27.4 Å². The number of anilines is 1. The van der Waals surface area contributed by atoms with Gasteiger partial charge in [0.15, 0.2) is 13.4 Å². The molecule has 0 unspecified atom stereocenters. The zero-order chi connectivity index (χ0) is 20.9. The number of benzene rings is 2. The van der Waals surface area contributed by atoms with Crippen LogP contribution in [-0.4, -0.2) is 38.3 Å². The van der Waals surface area contributed by atoms with Crippen LogP contribution in [0.1, 0.15) is 24.0 Å². The van der Waals surface area contributed by atoms with Crippen molar-refractivity contribution in [3.63, 3.8) is 0 Å². The largest absolute Gasteiger partial charge is 0.484 e. The van der Waals surface area contributed by atoms with Crippen molar-refractivity contribution in [1.29, 1.82) is 0 Å². The summed E-state index contributed by atoms with van der Waals surface area (Å²) in [5.41, 5.74) is 2.20. The minimum absolute atomic E-state index is 0.125. The van der Waals surface area contributed by atoms with Gasteiger partial charge in [0, 0.05) is 30.8 Å². The van der Waals surface area contributed by atoms with Crippen molar-refractivity contribution >= 4 is 17.5 Å². The van der Waals surface area contributed by atoms with E-state index in [2.05, 4.69) is 5.32 Å². The van der Waals surface area contributed by atoms with Crippen LogP contribution in [0.25, 0.3) is 0 Å². The van der Waals surface area contributed by atoms with E-state index >= 15 is 0 Å². The van der Waals surface area contributed by atoms with Gasteiger partial charge in [0.25, 0.3) is 5.91 Å². The van der Waals surface area contributed by atoms with Crippen molar-refractivity contribution in [3.8, 4) is 11.5 Å². The Hall–Kier alpha value is -3.13. The molecule has 7 nitrogen and oxygen atoms in total. The fourth-order valence-electron chi connectivity index (χ4n) is 3.62. The van der Waals surface area contributed by atoms with Crippen LogP contribution >= 0.6 is 0 Å². The van der Waals surface area contributed by atoms with E-state index in [0.29, 0.717) is 48.6 Å². The van der Waals surface area contributed by atoms with E-state index in [1.54, 1.807) is 17.0 Å². The van der Waals surface area contributed by atoms with Gasteiger partial charge >= 0.3 is 0 Å². The summed E-state index contributed by atoms with van der Waals surface area (Å²) in [5, 5.41) is 2.76. The fourth-order valence-corrected chi connectivity index (χ4v) is 3.62. The molecule has 2 aliphatic rings. The average Bonchev–Trinajstić information content (AvgIpc) is 3.18. The molecule has 0 radical (unpaired) electrons. The molecule has 0 spiro atoms. The van der Waals surface area contributed by atoms with Gasteiger partial charge in [0.2, 0.25) is 5.91 Å².